The molecule has 0 radical (unpaired) electrons. The Morgan fingerprint density at radius 1 is 0.527 bits per heavy atom. The van der Waals surface area contributed by atoms with Crippen molar-refractivity contribution in [3.05, 3.63) is 107 Å². The SMILES string of the molecule is CC(C)(C)OC(=O)[C@@H]1C[C@H](Oc2nc3ccccc3n2C2CCN(CC(C)(C)OC(=O)[C@@H]3C[C@H](Oc4nc5ccccc5n4C4CCN(C(=O)OC(C)(C)C)CC4)CN3c3nc(Br)nc4c3oc3ccccc34)CC2)CN1c1nc(Br)nc2c1oc1ccccc12. The molecule has 4 aromatic carbocycles. The van der Waals surface area contributed by atoms with Crippen molar-refractivity contribution in [1.29, 1.82) is 0 Å². The molecule has 0 unspecified atom stereocenters. The molecule has 0 bridgehead atoms. The molecule has 0 saturated carbocycles. The van der Waals surface area contributed by atoms with Crippen LogP contribution in [-0.4, -0.2) is 154 Å². The molecule has 0 N–H and O–H groups in total. The minimum absolute atomic E-state index is 0.0148. The van der Waals surface area contributed by atoms with E-state index in [1.807, 2.05) is 156 Å². The van der Waals surface area contributed by atoms with Crippen molar-refractivity contribution in [3.8, 4) is 12.0 Å². The summed E-state index contributed by atoms with van der Waals surface area (Å²) in [6.45, 7) is 18.6. The molecule has 0 aliphatic carbocycles. The summed E-state index contributed by atoms with van der Waals surface area (Å²) in [5, 5.41) is 1.66. The highest BCUT2D eigenvalue weighted by molar-refractivity contribution is 9.10. The van der Waals surface area contributed by atoms with E-state index in [9.17, 15) is 9.59 Å². The first kappa shape index (κ1) is 60.5. The van der Waals surface area contributed by atoms with E-state index >= 15 is 4.79 Å². The number of carbonyl (C=O) groups excluding carboxylic acids is 3. The summed E-state index contributed by atoms with van der Waals surface area (Å²) >= 11 is 7.14. The minimum Gasteiger partial charge on any atom is -0.459 e. The zero-order valence-corrected chi connectivity index (χ0v) is 55.3. The summed E-state index contributed by atoms with van der Waals surface area (Å²) in [5.74, 6) is 0.0880. The van der Waals surface area contributed by atoms with Gasteiger partial charge in [-0.05, 0) is 161 Å². The van der Waals surface area contributed by atoms with Gasteiger partial charge in [-0.2, -0.15) is 9.97 Å². The van der Waals surface area contributed by atoms with Crippen molar-refractivity contribution in [2.45, 2.75) is 147 Å². The van der Waals surface area contributed by atoms with Crippen LogP contribution in [0.2, 0.25) is 0 Å². The molecule has 24 heteroatoms. The smallest absolute Gasteiger partial charge is 0.410 e. The van der Waals surface area contributed by atoms with Gasteiger partial charge in [0.05, 0.1) is 35.2 Å². The summed E-state index contributed by atoms with van der Waals surface area (Å²) in [6.07, 6.45) is 2.08. The number of halogens is 2. The van der Waals surface area contributed by atoms with E-state index in [0.717, 1.165) is 45.7 Å². The van der Waals surface area contributed by atoms with Crippen LogP contribution in [0.1, 0.15) is 106 Å². The number of nitrogens with zero attached hydrogens (tertiary/aromatic N) is 12. The number of anilines is 2. The number of carbonyl (C=O) groups is 3. The van der Waals surface area contributed by atoms with Crippen molar-refractivity contribution in [1.82, 2.24) is 48.8 Å². The maximum atomic E-state index is 15.2. The lowest BCUT2D eigenvalue weighted by Crippen LogP contribution is -2.48. The van der Waals surface area contributed by atoms with E-state index in [1.165, 1.54) is 0 Å². The van der Waals surface area contributed by atoms with E-state index in [1.54, 1.807) is 4.90 Å². The minimum atomic E-state index is -0.931. The molecule has 10 aromatic rings. The quantitative estimate of drug-likeness (QED) is 0.0594. The molecule has 1 amide bonds. The molecule has 4 atom stereocenters. The van der Waals surface area contributed by atoms with Crippen molar-refractivity contribution in [2.75, 3.05) is 55.6 Å². The predicted molar refractivity (Wildman–Crippen MR) is 351 cm³/mol. The Bertz CT molecular complexity index is 4440. The third-order valence-corrected chi connectivity index (χ3v) is 18.1. The van der Waals surface area contributed by atoms with Gasteiger partial charge in [-0.3, -0.25) is 14.0 Å². The lowest BCUT2D eigenvalue weighted by Gasteiger charge is -2.38. The Balaban J connectivity index is 0.693. The first-order valence-corrected chi connectivity index (χ1v) is 32.8. The molecule has 22 nitrogen and oxygen atoms in total. The van der Waals surface area contributed by atoms with Gasteiger partial charge < -0.3 is 47.2 Å². The van der Waals surface area contributed by atoms with Crippen LogP contribution in [-0.2, 0) is 23.8 Å². The van der Waals surface area contributed by atoms with E-state index in [-0.39, 0.29) is 31.1 Å². The largest absolute Gasteiger partial charge is 0.459 e. The molecule has 0 spiro atoms. The highest BCUT2D eigenvalue weighted by Gasteiger charge is 2.46. The van der Waals surface area contributed by atoms with Crippen LogP contribution in [0.25, 0.3) is 66.2 Å². The number of rotatable bonds is 13. The van der Waals surface area contributed by atoms with Gasteiger partial charge >= 0.3 is 18.0 Å². The van der Waals surface area contributed by atoms with Crippen molar-refractivity contribution >= 4 is 128 Å². The number of aromatic nitrogens is 8. The predicted octanol–water partition coefficient (Wildman–Crippen LogP) is 12.9. The summed E-state index contributed by atoms with van der Waals surface area (Å²) in [4.78, 5) is 79.8. The molecule has 474 valence electrons. The Morgan fingerprint density at radius 3 is 1.43 bits per heavy atom. The van der Waals surface area contributed by atoms with Crippen molar-refractivity contribution in [2.24, 2.45) is 0 Å². The number of esters is 2. The lowest BCUT2D eigenvalue weighted by molar-refractivity contribution is -0.160. The zero-order valence-electron chi connectivity index (χ0n) is 52.1. The number of imidazole rings is 2. The standard InChI is InChI=1S/C67H72Br2N12O10/c1-65(2,3)89-58(82)48-33-40(35-78(48)56-54-52(72-60(68)74-56)42-17-9-15-23-50(42)87-54)85-62-70-44-19-11-13-21-46(44)80(62)38-25-29-76(30-26-38)37-67(7,8)90-59(83)49-34-41(36-79(49)57-55-53(73-61(69)75-57)43-18-10-16-24-51(43)88-55)86-63-71-45-20-12-14-22-47(45)81(63)39-27-31-77(32-28-39)64(84)91-66(4,5)6/h9-24,38-41,48-49H,25-37H2,1-8H3/t40-,41-,48-,49-/m0/s1. The number of hydrogen-bond donors (Lipinski definition) is 0. The van der Waals surface area contributed by atoms with Gasteiger partial charge in [0.25, 0.3) is 12.0 Å². The topological polar surface area (TPSA) is 224 Å². The number of ether oxygens (including phenoxy) is 5. The summed E-state index contributed by atoms with van der Waals surface area (Å²) < 4.78 is 50.5. The average molecular weight is 1370 g/mol. The fourth-order valence-electron chi connectivity index (χ4n) is 13.6. The molecule has 4 fully saturated rings. The van der Waals surface area contributed by atoms with Crippen LogP contribution in [0.5, 0.6) is 12.0 Å². The van der Waals surface area contributed by atoms with Gasteiger partial charge in [-0.25, -0.2) is 34.3 Å². The number of piperidine rings is 2. The first-order chi connectivity index (χ1) is 43.6. The van der Waals surface area contributed by atoms with Crippen LogP contribution in [0.15, 0.2) is 115 Å². The van der Waals surface area contributed by atoms with Gasteiger partial charge in [0.1, 0.15) is 63.3 Å². The van der Waals surface area contributed by atoms with E-state index in [2.05, 4.69) is 52.0 Å². The van der Waals surface area contributed by atoms with Gasteiger partial charge in [0.2, 0.25) is 0 Å². The monoisotopic (exact) mass is 1360 g/mol. The van der Waals surface area contributed by atoms with Crippen LogP contribution in [0.3, 0.4) is 0 Å². The number of fused-ring (bicyclic) bond motifs is 8. The van der Waals surface area contributed by atoms with Gasteiger partial charge in [-0.15, -0.1) is 0 Å². The van der Waals surface area contributed by atoms with Crippen LogP contribution < -0.4 is 19.3 Å². The third kappa shape index (κ3) is 12.1. The summed E-state index contributed by atoms with van der Waals surface area (Å²) in [6, 6.07) is 30.7. The van der Waals surface area contributed by atoms with Gasteiger partial charge in [0, 0.05) is 68.4 Å². The van der Waals surface area contributed by atoms with Crippen molar-refractivity contribution < 1.29 is 46.9 Å². The van der Waals surface area contributed by atoms with E-state index in [0.29, 0.717) is 125 Å². The molecule has 4 aliphatic rings. The molecule has 91 heavy (non-hydrogen) atoms. The fourth-order valence-corrected chi connectivity index (χ4v) is 14.3. The second kappa shape index (κ2) is 23.5. The molecule has 6 aromatic heterocycles. The maximum Gasteiger partial charge on any atom is 0.410 e. The normalized spacial score (nSPS) is 20.1. The summed E-state index contributed by atoms with van der Waals surface area (Å²) in [5.41, 5.74) is 4.65. The van der Waals surface area contributed by atoms with E-state index in [4.69, 9.17) is 62.4 Å². The highest BCUT2D eigenvalue weighted by Crippen LogP contribution is 2.43. The second-order valence-corrected chi connectivity index (χ2v) is 28.3. The fraction of sp³-hybridized carbons (Fsp3) is 0.448. The van der Waals surface area contributed by atoms with Crippen LogP contribution in [0.4, 0.5) is 16.4 Å². The average Bonchev–Trinajstić information content (AvgIpc) is 1.64. The molecular formula is C67H72Br2N12O10. The summed E-state index contributed by atoms with van der Waals surface area (Å²) in [7, 11) is 0. The molecule has 4 aliphatic heterocycles. The number of para-hydroxylation sites is 6. The number of furan rings is 2. The molecule has 4 saturated heterocycles. The molecule has 14 rings (SSSR count). The highest BCUT2D eigenvalue weighted by atomic mass is 79.9. The Morgan fingerprint density at radius 2 is 0.956 bits per heavy atom. The number of amides is 1. The van der Waals surface area contributed by atoms with Crippen molar-refractivity contribution in [3.63, 3.8) is 0 Å². The Hall–Kier alpha value is -8.09. The van der Waals surface area contributed by atoms with Gasteiger partial charge in [0.15, 0.2) is 32.3 Å². The number of likely N-dealkylation sites (tertiary alicyclic amines) is 2. The zero-order chi connectivity index (χ0) is 63.3. The number of hydrogen-bond acceptors (Lipinski definition) is 19. The maximum absolute atomic E-state index is 15.2. The Labute approximate surface area is 541 Å². The second-order valence-electron chi connectivity index (χ2n) is 26.9. The Kier molecular flexibility index (Phi) is 15.6. The van der Waals surface area contributed by atoms with Crippen LogP contribution >= 0.6 is 31.9 Å². The third-order valence-electron chi connectivity index (χ3n) is 17.4. The number of benzene rings is 4. The first-order valence-electron chi connectivity index (χ1n) is 31.2. The lowest BCUT2D eigenvalue weighted by atomic mass is 10.0. The van der Waals surface area contributed by atoms with Gasteiger partial charge in [-0.1, -0.05) is 48.5 Å². The van der Waals surface area contributed by atoms with Crippen LogP contribution in [0, 0.1) is 0 Å². The molecular weight excluding hydrogens is 1290 g/mol. The van der Waals surface area contributed by atoms with E-state index < -0.39 is 53.0 Å². The molecule has 10 heterocycles.